The van der Waals surface area contributed by atoms with Crippen LogP contribution in [0.15, 0.2) is 42.5 Å². The van der Waals surface area contributed by atoms with Crippen LogP contribution in [0.4, 0.5) is 14.9 Å². The fourth-order valence-corrected chi connectivity index (χ4v) is 3.91. The standard InChI is InChI=1S/C18H19FN2OS/c1-12-4-3-5-16(13(12)2)20-18(22)21-10-11-23-17(21)14-6-8-15(19)9-7-14/h3-9,17H,10-11H2,1-2H3,(H,20,22)/t17-/m0/s1. The van der Waals surface area contributed by atoms with Crippen molar-refractivity contribution >= 4 is 23.5 Å². The summed E-state index contributed by atoms with van der Waals surface area (Å²) >= 11 is 1.70. The lowest BCUT2D eigenvalue weighted by Crippen LogP contribution is -2.34. The zero-order valence-electron chi connectivity index (χ0n) is 13.2. The zero-order valence-corrected chi connectivity index (χ0v) is 14.0. The maximum Gasteiger partial charge on any atom is 0.323 e. The molecule has 0 radical (unpaired) electrons. The molecule has 1 atom stereocenters. The van der Waals surface area contributed by atoms with Crippen LogP contribution in [0.25, 0.3) is 0 Å². The molecule has 0 bridgehead atoms. The number of nitrogens with one attached hydrogen (secondary N) is 1. The summed E-state index contributed by atoms with van der Waals surface area (Å²) in [4.78, 5) is 14.5. The lowest BCUT2D eigenvalue weighted by Gasteiger charge is -2.25. The molecule has 1 saturated heterocycles. The minimum atomic E-state index is -0.261. The van der Waals surface area contributed by atoms with E-state index in [2.05, 4.69) is 5.32 Å². The first-order valence-corrected chi connectivity index (χ1v) is 8.62. The van der Waals surface area contributed by atoms with Crippen LogP contribution in [0, 0.1) is 19.7 Å². The number of carbonyl (C=O) groups excluding carboxylic acids is 1. The van der Waals surface area contributed by atoms with E-state index in [1.165, 1.54) is 12.1 Å². The van der Waals surface area contributed by atoms with E-state index in [-0.39, 0.29) is 17.2 Å². The predicted octanol–water partition coefficient (Wildman–Crippen LogP) is 4.72. The molecule has 0 spiro atoms. The molecule has 120 valence electrons. The van der Waals surface area contributed by atoms with Crippen LogP contribution < -0.4 is 5.32 Å². The van der Waals surface area contributed by atoms with Crippen molar-refractivity contribution in [1.82, 2.24) is 4.90 Å². The maximum atomic E-state index is 13.1. The summed E-state index contributed by atoms with van der Waals surface area (Å²) in [5.41, 5.74) is 4.01. The van der Waals surface area contributed by atoms with E-state index in [1.54, 1.807) is 28.8 Å². The van der Waals surface area contributed by atoms with Crippen molar-refractivity contribution in [3.05, 3.63) is 65.0 Å². The van der Waals surface area contributed by atoms with Crippen molar-refractivity contribution in [1.29, 1.82) is 0 Å². The van der Waals surface area contributed by atoms with Crippen LogP contribution in [0.2, 0.25) is 0 Å². The Hall–Kier alpha value is -2.01. The summed E-state index contributed by atoms with van der Waals surface area (Å²) < 4.78 is 13.1. The third kappa shape index (κ3) is 3.34. The lowest BCUT2D eigenvalue weighted by molar-refractivity contribution is 0.214. The Labute approximate surface area is 139 Å². The highest BCUT2D eigenvalue weighted by Gasteiger charge is 2.30. The van der Waals surface area contributed by atoms with Crippen LogP contribution in [0.5, 0.6) is 0 Å². The summed E-state index contributed by atoms with van der Waals surface area (Å²) in [6.45, 7) is 4.71. The number of urea groups is 1. The molecule has 2 amide bonds. The number of benzene rings is 2. The van der Waals surface area contributed by atoms with Crippen LogP contribution in [-0.4, -0.2) is 23.2 Å². The molecule has 1 fully saturated rings. The summed E-state index contributed by atoms with van der Waals surface area (Å²) in [5, 5.41) is 2.93. The van der Waals surface area contributed by atoms with Crippen LogP contribution in [-0.2, 0) is 0 Å². The molecule has 1 heterocycles. The van der Waals surface area contributed by atoms with Gasteiger partial charge >= 0.3 is 6.03 Å². The summed E-state index contributed by atoms with van der Waals surface area (Å²) in [7, 11) is 0. The first kappa shape index (κ1) is 15.9. The van der Waals surface area contributed by atoms with Crippen molar-refractivity contribution in [2.24, 2.45) is 0 Å². The number of thioether (sulfide) groups is 1. The van der Waals surface area contributed by atoms with E-state index < -0.39 is 0 Å². The molecule has 3 nitrogen and oxygen atoms in total. The van der Waals surface area contributed by atoms with E-state index in [1.807, 2.05) is 32.0 Å². The number of anilines is 1. The van der Waals surface area contributed by atoms with Gasteiger partial charge in [-0.15, -0.1) is 11.8 Å². The fourth-order valence-electron chi connectivity index (χ4n) is 2.66. The molecule has 0 aromatic heterocycles. The van der Waals surface area contributed by atoms with Crippen LogP contribution in [0.1, 0.15) is 22.1 Å². The predicted molar refractivity (Wildman–Crippen MR) is 93.2 cm³/mol. The Morgan fingerprint density at radius 1 is 1.22 bits per heavy atom. The van der Waals surface area contributed by atoms with E-state index in [9.17, 15) is 9.18 Å². The van der Waals surface area contributed by atoms with Crippen molar-refractivity contribution in [3.8, 4) is 0 Å². The lowest BCUT2D eigenvalue weighted by atomic mass is 10.1. The number of hydrogen-bond acceptors (Lipinski definition) is 2. The number of aryl methyl sites for hydroxylation is 1. The quantitative estimate of drug-likeness (QED) is 0.864. The first-order valence-electron chi connectivity index (χ1n) is 7.57. The number of rotatable bonds is 2. The molecule has 2 aromatic rings. The molecular formula is C18H19FN2OS. The summed E-state index contributed by atoms with van der Waals surface area (Å²) in [6.07, 6.45) is 0. The second-order valence-corrected chi connectivity index (χ2v) is 6.83. The average Bonchev–Trinajstić information content (AvgIpc) is 3.02. The van der Waals surface area contributed by atoms with E-state index in [0.717, 1.165) is 28.1 Å². The van der Waals surface area contributed by atoms with Crippen molar-refractivity contribution in [3.63, 3.8) is 0 Å². The van der Waals surface area contributed by atoms with Crippen molar-refractivity contribution in [2.75, 3.05) is 17.6 Å². The topological polar surface area (TPSA) is 32.3 Å². The van der Waals surface area contributed by atoms with Gasteiger partial charge in [0, 0.05) is 18.0 Å². The monoisotopic (exact) mass is 330 g/mol. The van der Waals surface area contributed by atoms with Gasteiger partial charge in [-0.2, -0.15) is 0 Å². The molecule has 0 saturated carbocycles. The van der Waals surface area contributed by atoms with Gasteiger partial charge < -0.3 is 10.2 Å². The van der Waals surface area contributed by atoms with Gasteiger partial charge in [-0.05, 0) is 48.7 Å². The number of halogens is 1. The third-order valence-electron chi connectivity index (χ3n) is 4.15. The van der Waals surface area contributed by atoms with Gasteiger partial charge in [0.25, 0.3) is 0 Å². The van der Waals surface area contributed by atoms with Gasteiger partial charge in [-0.25, -0.2) is 9.18 Å². The van der Waals surface area contributed by atoms with Crippen molar-refractivity contribution in [2.45, 2.75) is 19.2 Å². The maximum absolute atomic E-state index is 13.1. The molecule has 2 aromatic carbocycles. The van der Waals surface area contributed by atoms with Gasteiger partial charge in [0.2, 0.25) is 0 Å². The highest BCUT2D eigenvalue weighted by molar-refractivity contribution is 7.99. The molecular weight excluding hydrogens is 311 g/mol. The number of amides is 2. The summed E-state index contributed by atoms with van der Waals surface area (Å²) in [5.74, 6) is 0.616. The van der Waals surface area contributed by atoms with E-state index in [0.29, 0.717) is 6.54 Å². The molecule has 5 heteroatoms. The zero-order chi connectivity index (χ0) is 16.4. The minimum absolute atomic E-state index is 0.0688. The fraction of sp³-hybridized carbons (Fsp3) is 0.278. The molecule has 23 heavy (non-hydrogen) atoms. The molecule has 1 N–H and O–H groups in total. The molecule has 1 aliphatic heterocycles. The third-order valence-corrected chi connectivity index (χ3v) is 5.41. The normalized spacial score (nSPS) is 17.3. The minimum Gasteiger partial charge on any atom is -0.308 e. The second-order valence-electron chi connectivity index (χ2n) is 5.65. The van der Waals surface area contributed by atoms with Gasteiger partial charge in [0.15, 0.2) is 0 Å². The highest BCUT2D eigenvalue weighted by atomic mass is 32.2. The number of carbonyl (C=O) groups is 1. The Balaban J connectivity index is 1.78. The van der Waals surface area contributed by atoms with E-state index >= 15 is 0 Å². The largest absolute Gasteiger partial charge is 0.323 e. The van der Waals surface area contributed by atoms with Gasteiger partial charge in [0.05, 0.1) is 0 Å². The van der Waals surface area contributed by atoms with Crippen LogP contribution >= 0.6 is 11.8 Å². The molecule has 1 aliphatic rings. The van der Waals surface area contributed by atoms with Crippen molar-refractivity contribution < 1.29 is 9.18 Å². The second kappa shape index (κ2) is 6.62. The number of hydrogen-bond donors (Lipinski definition) is 1. The average molecular weight is 330 g/mol. The molecule has 3 rings (SSSR count). The summed E-state index contributed by atoms with van der Waals surface area (Å²) in [6, 6.07) is 12.1. The van der Waals surface area contributed by atoms with Gasteiger partial charge in [0.1, 0.15) is 11.2 Å². The SMILES string of the molecule is Cc1cccc(NC(=O)N2CCS[C@H]2c2ccc(F)cc2)c1C. The highest BCUT2D eigenvalue weighted by Crippen LogP contribution is 2.38. The van der Waals surface area contributed by atoms with E-state index in [4.69, 9.17) is 0 Å². The Kier molecular flexibility index (Phi) is 4.57. The smallest absolute Gasteiger partial charge is 0.308 e. The first-order chi connectivity index (χ1) is 11.1. The Morgan fingerprint density at radius 2 is 1.96 bits per heavy atom. The molecule has 0 unspecified atom stereocenters. The van der Waals surface area contributed by atoms with Gasteiger partial charge in [-0.1, -0.05) is 24.3 Å². The Morgan fingerprint density at radius 3 is 2.70 bits per heavy atom. The number of nitrogens with zero attached hydrogens (tertiary/aromatic N) is 1. The Bertz CT molecular complexity index is 717. The molecule has 0 aliphatic carbocycles. The van der Waals surface area contributed by atoms with Gasteiger partial charge in [-0.3, -0.25) is 0 Å². The van der Waals surface area contributed by atoms with Crippen LogP contribution in [0.3, 0.4) is 0 Å².